The zero-order valence-corrected chi connectivity index (χ0v) is 8.23. The van der Waals surface area contributed by atoms with Gasteiger partial charge >= 0.3 is 0 Å². The Morgan fingerprint density at radius 1 is 1.20 bits per heavy atom. The number of ether oxygens (including phenoxy) is 1. The first kappa shape index (κ1) is 11.8. The molecule has 6 heteroatoms. The summed E-state index contributed by atoms with van der Waals surface area (Å²) in [5.41, 5.74) is 1.76. The van der Waals surface area contributed by atoms with Crippen molar-refractivity contribution in [3.05, 3.63) is 29.1 Å². The molecule has 0 aliphatic carbocycles. The van der Waals surface area contributed by atoms with Crippen LogP contribution in [0, 0.1) is 17.5 Å². The van der Waals surface area contributed by atoms with Crippen molar-refractivity contribution in [1.29, 1.82) is 0 Å². The predicted molar refractivity (Wildman–Crippen MR) is 46.7 cm³/mol. The lowest BCUT2D eigenvalue weighted by Gasteiger charge is -2.09. The minimum atomic E-state index is -1.25. The molecule has 0 spiro atoms. The van der Waals surface area contributed by atoms with E-state index < -0.39 is 23.0 Å². The number of hydrogen-bond acceptors (Lipinski definition) is 3. The molecule has 1 aromatic rings. The van der Waals surface area contributed by atoms with E-state index in [9.17, 15) is 13.2 Å². The second-order valence-electron chi connectivity index (χ2n) is 2.69. The second-order valence-corrected chi connectivity index (χ2v) is 2.69. The summed E-state index contributed by atoms with van der Waals surface area (Å²) in [6, 6.07) is 0.654. The Morgan fingerprint density at radius 3 is 2.40 bits per heavy atom. The van der Waals surface area contributed by atoms with Crippen LogP contribution in [0.3, 0.4) is 0 Å². The molecule has 0 aliphatic heterocycles. The van der Waals surface area contributed by atoms with Crippen molar-refractivity contribution >= 4 is 0 Å². The highest BCUT2D eigenvalue weighted by Crippen LogP contribution is 2.25. The van der Waals surface area contributed by atoms with Gasteiger partial charge in [-0.05, 0) is 0 Å². The highest BCUT2D eigenvalue weighted by molar-refractivity contribution is 5.33. The fourth-order valence-corrected chi connectivity index (χ4v) is 1.08. The number of benzene rings is 1. The SMILES string of the molecule is CONCc1c(F)c(F)cc(OC)c1F. The van der Waals surface area contributed by atoms with E-state index in [2.05, 4.69) is 15.1 Å². The lowest BCUT2D eigenvalue weighted by molar-refractivity contribution is 0.0847. The molecule has 0 bridgehead atoms. The largest absolute Gasteiger partial charge is 0.494 e. The quantitative estimate of drug-likeness (QED) is 0.620. The zero-order chi connectivity index (χ0) is 11.4. The summed E-state index contributed by atoms with van der Waals surface area (Å²) in [5, 5.41) is 0. The van der Waals surface area contributed by atoms with Crippen LogP contribution in [0.25, 0.3) is 0 Å². The van der Waals surface area contributed by atoms with E-state index in [-0.39, 0.29) is 12.3 Å². The summed E-state index contributed by atoms with van der Waals surface area (Å²) in [6.45, 7) is -0.289. The third kappa shape index (κ3) is 2.40. The van der Waals surface area contributed by atoms with E-state index in [0.29, 0.717) is 6.07 Å². The lowest BCUT2D eigenvalue weighted by atomic mass is 10.1. The van der Waals surface area contributed by atoms with Crippen molar-refractivity contribution in [2.45, 2.75) is 6.54 Å². The van der Waals surface area contributed by atoms with Crippen molar-refractivity contribution < 1.29 is 22.7 Å². The third-order valence-corrected chi connectivity index (χ3v) is 1.83. The van der Waals surface area contributed by atoms with Crippen LogP contribution in [0.1, 0.15) is 5.56 Å². The van der Waals surface area contributed by atoms with Gasteiger partial charge in [-0.2, -0.15) is 5.48 Å². The van der Waals surface area contributed by atoms with Gasteiger partial charge in [-0.3, -0.25) is 0 Å². The Labute approximate surface area is 84.8 Å². The number of methoxy groups -OCH3 is 1. The van der Waals surface area contributed by atoms with Gasteiger partial charge in [0.2, 0.25) is 0 Å². The van der Waals surface area contributed by atoms with Crippen molar-refractivity contribution in [3.8, 4) is 5.75 Å². The van der Waals surface area contributed by atoms with Crippen LogP contribution in [0.15, 0.2) is 6.07 Å². The maximum absolute atomic E-state index is 13.4. The van der Waals surface area contributed by atoms with Crippen molar-refractivity contribution in [2.24, 2.45) is 0 Å². The number of hydroxylamine groups is 1. The van der Waals surface area contributed by atoms with Gasteiger partial charge in [-0.25, -0.2) is 13.2 Å². The van der Waals surface area contributed by atoms with Crippen LogP contribution in [-0.4, -0.2) is 14.2 Å². The van der Waals surface area contributed by atoms with Crippen molar-refractivity contribution in [3.63, 3.8) is 0 Å². The van der Waals surface area contributed by atoms with Crippen LogP contribution in [-0.2, 0) is 11.4 Å². The molecule has 0 aliphatic rings. The molecule has 0 amide bonds. The van der Waals surface area contributed by atoms with E-state index in [1.54, 1.807) is 0 Å². The molecule has 84 valence electrons. The minimum absolute atomic E-state index is 0.289. The Bertz CT molecular complexity index is 358. The number of rotatable bonds is 4. The minimum Gasteiger partial charge on any atom is -0.494 e. The van der Waals surface area contributed by atoms with Crippen LogP contribution < -0.4 is 10.2 Å². The van der Waals surface area contributed by atoms with E-state index in [1.807, 2.05) is 0 Å². The molecule has 1 aromatic carbocycles. The topological polar surface area (TPSA) is 30.5 Å². The summed E-state index contributed by atoms with van der Waals surface area (Å²) in [6.07, 6.45) is 0. The first-order valence-electron chi connectivity index (χ1n) is 4.08. The van der Waals surface area contributed by atoms with E-state index >= 15 is 0 Å². The zero-order valence-electron chi connectivity index (χ0n) is 8.23. The van der Waals surface area contributed by atoms with Gasteiger partial charge < -0.3 is 9.57 Å². The molecule has 3 nitrogen and oxygen atoms in total. The standard InChI is InChI=1S/C9H10F3NO2/c1-14-7-3-6(10)8(11)5(9(7)12)4-13-15-2/h3,13H,4H2,1-2H3. The van der Waals surface area contributed by atoms with Gasteiger partial charge in [0.25, 0.3) is 0 Å². The van der Waals surface area contributed by atoms with Crippen molar-refractivity contribution in [1.82, 2.24) is 5.48 Å². The second kappa shape index (κ2) is 4.99. The molecule has 1 N–H and O–H groups in total. The fourth-order valence-electron chi connectivity index (χ4n) is 1.08. The normalized spacial score (nSPS) is 10.5. The van der Waals surface area contributed by atoms with Gasteiger partial charge in [0, 0.05) is 11.6 Å². The first-order valence-corrected chi connectivity index (χ1v) is 4.08. The summed E-state index contributed by atoms with van der Waals surface area (Å²) < 4.78 is 44.0. The lowest BCUT2D eigenvalue weighted by Crippen LogP contribution is -2.15. The molecule has 1 rings (SSSR count). The highest BCUT2D eigenvalue weighted by atomic mass is 19.2. The number of halogens is 3. The molecule has 0 saturated heterocycles. The molecule has 0 aromatic heterocycles. The summed E-state index contributed by atoms with van der Waals surface area (Å²) in [4.78, 5) is 4.42. The molecule has 15 heavy (non-hydrogen) atoms. The van der Waals surface area contributed by atoms with E-state index in [0.717, 1.165) is 0 Å². The maximum Gasteiger partial charge on any atom is 0.172 e. The summed E-state index contributed by atoms with van der Waals surface area (Å²) in [5.74, 6) is -3.71. The number of nitrogens with one attached hydrogen (secondary N) is 1. The van der Waals surface area contributed by atoms with Gasteiger partial charge in [0.1, 0.15) is 0 Å². The maximum atomic E-state index is 13.4. The van der Waals surface area contributed by atoms with Crippen molar-refractivity contribution in [2.75, 3.05) is 14.2 Å². The Balaban J connectivity index is 3.15. The van der Waals surface area contributed by atoms with Gasteiger partial charge in [-0.1, -0.05) is 0 Å². The van der Waals surface area contributed by atoms with Gasteiger partial charge in [0.15, 0.2) is 23.2 Å². The molecular formula is C9H10F3NO2. The third-order valence-electron chi connectivity index (χ3n) is 1.83. The Kier molecular flexibility index (Phi) is 3.93. The van der Waals surface area contributed by atoms with E-state index in [1.165, 1.54) is 14.2 Å². The molecule has 0 fully saturated rings. The summed E-state index contributed by atoms with van der Waals surface area (Å²) in [7, 11) is 2.45. The first-order chi connectivity index (χ1) is 7.11. The fraction of sp³-hybridized carbons (Fsp3) is 0.333. The molecule has 0 radical (unpaired) electrons. The monoisotopic (exact) mass is 221 g/mol. The molecular weight excluding hydrogens is 211 g/mol. The van der Waals surface area contributed by atoms with E-state index in [4.69, 9.17) is 0 Å². The predicted octanol–water partition coefficient (Wildman–Crippen LogP) is 1.76. The Hall–Kier alpha value is -1.27. The van der Waals surface area contributed by atoms with Gasteiger partial charge in [-0.15, -0.1) is 0 Å². The number of hydrogen-bond donors (Lipinski definition) is 1. The average molecular weight is 221 g/mol. The highest BCUT2D eigenvalue weighted by Gasteiger charge is 2.18. The smallest absolute Gasteiger partial charge is 0.172 e. The average Bonchev–Trinajstić information content (AvgIpc) is 2.23. The molecule has 0 heterocycles. The summed E-state index contributed by atoms with van der Waals surface area (Å²) >= 11 is 0. The van der Waals surface area contributed by atoms with Crippen LogP contribution in [0.2, 0.25) is 0 Å². The molecule has 0 atom stereocenters. The Morgan fingerprint density at radius 2 is 1.87 bits per heavy atom. The molecule has 0 saturated carbocycles. The van der Waals surface area contributed by atoms with Gasteiger partial charge in [0.05, 0.1) is 20.8 Å². The van der Waals surface area contributed by atoms with Crippen LogP contribution in [0.4, 0.5) is 13.2 Å². The van der Waals surface area contributed by atoms with Crippen LogP contribution >= 0.6 is 0 Å². The molecule has 0 unspecified atom stereocenters. The van der Waals surface area contributed by atoms with Crippen LogP contribution in [0.5, 0.6) is 5.75 Å².